The molecule has 18 heavy (non-hydrogen) atoms. The Morgan fingerprint density at radius 1 is 1.61 bits per heavy atom. The van der Waals surface area contributed by atoms with Gasteiger partial charge in [0.2, 0.25) is 5.95 Å². The van der Waals surface area contributed by atoms with Gasteiger partial charge in [-0.2, -0.15) is 0 Å². The Kier molecular flexibility index (Phi) is 3.44. The number of hydrogen-bond acceptors (Lipinski definition) is 6. The van der Waals surface area contributed by atoms with E-state index in [1.54, 1.807) is 11.8 Å². The number of anilines is 1. The van der Waals surface area contributed by atoms with Gasteiger partial charge in [0.05, 0.1) is 17.8 Å². The van der Waals surface area contributed by atoms with Crippen LogP contribution in [0.15, 0.2) is 6.20 Å². The van der Waals surface area contributed by atoms with Crippen LogP contribution >= 0.6 is 0 Å². The van der Waals surface area contributed by atoms with Crippen molar-refractivity contribution in [3.8, 4) is 0 Å². The average molecular weight is 252 g/mol. The lowest BCUT2D eigenvalue weighted by Gasteiger charge is -2.16. The summed E-state index contributed by atoms with van der Waals surface area (Å²) in [5.41, 5.74) is 0.971. The zero-order valence-corrected chi connectivity index (χ0v) is 10.6. The van der Waals surface area contributed by atoms with Crippen LogP contribution in [0.25, 0.3) is 0 Å². The van der Waals surface area contributed by atoms with E-state index in [9.17, 15) is 9.90 Å². The lowest BCUT2D eigenvalue weighted by atomic mass is 10.2. The molecule has 0 bridgehead atoms. The number of aliphatic hydroxyl groups excluding tert-OH is 1. The maximum absolute atomic E-state index is 12.1. The number of amides is 1. The number of rotatable bonds is 2. The third kappa shape index (κ3) is 2.41. The highest BCUT2D eigenvalue weighted by molar-refractivity contribution is 5.94. The standard InChI is InChI=1S/C11H16N4O3/c1-7-9(4-12-11(13-7)14(2)3)10(17)15-5-8(16)6-18-15/h4,8,16H,5-6H2,1-3H3/t8-/m1/s1. The minimum atomic E-state index is -0.628. The Morgan fingerprint density at radius 2 is 2.33 bits per heavy atom. The highest BCUT2D eigenvalue weighted by Crippen LogP contribution is 2.15. The van der Waals surface area contributed by atoms with Crippen molar-refractivity contribution in [2.75, 3.05) is 32.1 Å². The SMILES string of the molecule is Cc1nc(N(C)C)ncc1C(=O)N1C[C@@H](O)CO1. The van der Waals surface area contributed by atoms with Gasteiger partial charge in [-0.05, 0) is 6.92 Å². The van der Waals surface area contributed by atoms with Crippen LogP contribution in [0.3, 0.4) is 0 Å². The van der Waals surface area contributed by atoms with E-state index >= 15 is 0 Å². The highest BCUT2D eigenvalue weighted by Gasteiger charge is 2.28. The summed E-state index contributed by atoms with van der Waals surface area (Å²) in [5, 5.41) is 10.5. The Bertz CT molecular complexity index is 464. The first kappa shape index (κ1) is 12.7. The molecule has 1 aliphatic heterocycles. The van der Waals surface area contributed by atoms with Crippen molar-refractivity contribution in [1.29, 1.82) is 0 Å². The monoisotopic (exact) mass is 252 g/mol. The maximum atomic E-state index is 12.1. The fraction of sp³-hybridized carbons (Fsp3) is 0.545. The maximum Gasteiger partial charge on any atom is 0.280 e. The second kappa shape index (κ2) is 4.87. The fourth-order valence-electron chi connectivity index (χ4n) is 1.63. The van der Waals surface area contributed by atoms with Crippen LogP contribution in [0.2, 0.25) is 0 Å². The van der Waals surface area contributed by atoms with Crippen LogP contribution in [0.4, 0.5) is 5.95 Å². The van der Waals surface area contributed by atoms with Crippen molar-refractivity contribution in [2.45, 2.75) is 13.0 Å². The number of carbonyl (C=O) groups excluding carboxylic acids is 1. The van der Waals surface area contributed by atoms with Crippen LogP contribution in [-0.2, 0) is 4.84 Å². The van der Waals surface area contributed by atoms with E-state index in [0.29, 0.717) is 17.2 Å². The molecule has 1 N–H and O–H groups in total. The lowest BCUT2D eigenvalue weighted by Crippen LogP contribution is -2.29. The zero-order chi connectivity index (χ0) is 13.3. The predicted octanol–water partition coefficient (Wildman–Crippen LogP) is -0.401. The third-order valence-electron chi connectivity index (χ3n) is 2.62. The molecule has 1 fully saturated rings. The number of aryl methyl sites for hydroxylation is 1. The minimum Gasteiger partial charge on any atom is -0.389 e. The zero-order valence-electron chi connectivity index (χ0n) is 10.6. The van der Waals surface area contributed by atoms with E-state index in [-0.39, 0.29) is 19.1 Å². The summed E-state index contributed by atoms with van der Waals surface area (Å²) >= 11 is 0. The number of β-amino-alcohol motifs (C(OH)–C–C–N with tert-alkyl or cyclic N) is 1. The second-order valence-electron chi connectivity index (χ2n) is 4.38. The van der Waals surface area contributed by atoms with Gasteiger partial charge in [-0.25, -0.2) is 15.0 Å². The largest absolute Gasteiger partial charge is 0.389 e. The Balaban J connectivity index is 2.21. The van der Waals surface area contributed by atoms with Crippen LogP contribution in [-0.4, -0.2) is 59.4 Å². The van der Waals surface area contributed by atoms with E-state index in [1.807, 2.05) is 14.1 Å². The molecule has 2 rings (SSSR count). The van der Waals surface area contributed by atoms with Gasteiger partial charge in [0.1, 0.15) is 12.7 Å². The van der Waals surface area contributed by atoms with E-state index in [0.717, 1.165) is 5.06 Å². The van der Waals surface area contributed by atoms with Gasteiger partial charge in [0.25, 0.3) is 5.91 Å². The van der Waals surface area contributed by atoms with Crippen molar-refractivity contribution >= 4 is 11.9 Å². The quantitative estimate of drug-likeness (QED) is 0.771. The fourth-order valence-corrected chi connectivity index (χ4v) is 1.63. The Morgan fingerprint density at radius 3 is 2.83 bits per heavy atom. The molecule has 98 valence electrons. The summed E-state index contributed by atoms with van der Waals surface area (Å²) in [4.78, 5) is 27.3. The molecule has 0 saturated carbocycles. The molecule has 1 atom stereocenters. The number of hydrogen-bond donors (Lipinski definition) is 1. The molecule has 0 unspecified atom stereocenters. The molecule has 7 heteroatoms. The van der Waals surface area contributed by atoms with Crippen molar-refractivity contribution in [1.82, 2.24) is 15.0 Å². The van der Waals surface area contributed by atoms with E-state index in [4.69, 9.17) is 4.84 Å². The minimum absolute atomic E-state index is 0.140. The summed E-state index contributed by atoms with van der Waals surface area (Å²) in [7, 11) is 3.66. The second-order valence-corrected chi connectivity index (χ2v) is 4.38. The molecule has 2 heterocycles. The molecule has 0 spiro atoms. The van der Waals surface area contributed by atoms with Crippen molar-refractivity contribution in [3.05, 3.63) is 17.5 Å². The number of aromatic nitrogens is 2. The van der Waals surface area contributed by atoms with E-state index in [2.05, 4.69) is 9.97 Å². The molecule has 0 radical (unpaired) electrons. The smallest absolute Gasteiger partial charge is 0.280 e. The molecular formula is C11H16N4O3. The first-order valence-electron chi connectivity index (χ1n) is 5.63. The highest BCUT2D eigenvalue weighted by atomic mass is 16.7. The molecule has 1 saturated heterocycles. The van der Waals surface area contributed by atoms with E-state index in [1.165, 1.54) is 6.20 Å². The normalized spacial score (nSPS) is 19.1. The molecular weight excluding hydrogens is 236 g/mol. The van der Waals surface area contributed by atoms with Crippen LogP contribution in [0, 0.1) is 6.92 Å². The van der Waals surface area contributed by atoms with Gasteiger partial charge in [0.15, 0.2) is 0 Å². The number of aliphatic hydroxyl groups is 1. The van der Waals surface area contributed by atoms with Gasteiger partial charge >= 0.3 is 0 Å². The van der Waals surface area contributed by atoms with Crippen molar-refractivity contribution in [3.63, 3.8) is 0 Å². The number of hydroxylamine groups is 2. The van der Waals surface area contributed by atoms with Gasteiger partial charge in [-0.3, -0.25) is 9.63 Å². The van der Waals surface area contributed by atoms with Crippen LogP contribution < -0.4 is 4.90 Å². The summed E-state index contributed by atoms with van der Waals surface area (Å²) in [6, 6.07) is 0. The van der Waals surface area contributed by atoms with Gasteiger partial charge in [-0.15, -0.1) is 0 Å². The molecule has 1 aromatic heterocycles. The molecule has 1 aromatic rings. The lowest BCUT2D eigenvalue weighted by molar-refractivity contribution is -0.0780. The van der Waals surface area contributed by atoms with E-state index < -0.39 is 6.10 Å². The van der Waals surface area contributed by atoms with Crippen molar-refractivity contribution < 1.29 is 14.7 Å². The van der Waals surface area contributed by atoms with Gasteiger partial charge in [0, 0.05) is 20.3 Å². The summed E-state index contributed by atoms with van der Waals surface area (Å²) in [5.74, 6) is 0.223. The molecule has 1 aliphatic rings. The van der Waals surface area contributed by atoms with Crippen LogP contribution in [0.5, 0.6) is 0 Å². The molecule has 0 aromatic carbocycles. The topological polar surface area (TPSA) is 78.8 Å². The Labute approximate surface area is 105 Å². The molecule has 1 amide bonds. The predicted molar refractivity (Wildman–Crippen MR) is 64.1 cm³/mol. The third-order valence-corrected chi connectivity index (χ3v) is 2.62. The molecule has 0 aliphatic carbocycles. The number of nitrogens with zero attached hydrogens (tertiary/aromatic N) is 4. The Hall–Kier alpha value is -1.73. The summed E-state index contributed by atoms with van der Waals surface area (Å²) < 4.78 is 0. The average Bonchev–Trinajstić information content (AvgIpc) is 2.74. The van der Waals surface area contributed by atoms with Crippen molar-refractivity contribution in [2.24, 2.45) is 0 Å². The summed E-state index contributed by atoms with van der Waals surface area (Å²) in [6.07, 6.45) is 0.852. The first-order valence-corrected chi connectivity index (χ1v) is 5.63. The van der Waals surface area contributed by atoms with Gasteiger partial charge in [-0.1, -0.05) is 0 Å². The molecule has 7 nitrogen and oxygen atoms in total. The first-order chi connectivity index (χ1) is 8.49. The summed E-state index contributed by atoms with van der Waals surface area (Å²) in [6.45, 7) is 2.06. The van der Waals surface area contributed by atoms with Gasteiger partial charge < -0.3 is 10.0 Å². The number of carbonyl (C=O) groups is 1. The van der Waals surface area contributed by atoms with Crippen LogP contribution in [0.1, 0.15) is 16.1 Å².